The third kappa shape index (κ3) is 4.04. The van der Waals surface area contributed by atoms with Crippen LogP contribution in [0.5, 0.6) is 0 Å². The van der Waals surface area contributed by atoms with Gasteiger partial charge in [-0.3, -0.25) is 9.89 Å². The van der Waals surface area contributed by atoms with Gasteiger partial charge in [-0.05, 0) is 41.3 Å². The lowest BCUT2D eigenvalue weighted by Gasteiger charge is -2.16. The SMILES string of the molecule is Cc1nc([C@H](NC(=O)CCc2ccsc2)c2ccccc2)n[nH]1. The highest BCUT2D eigenvalue weighted by atomic mass is 32.1. The number of thiophene rings is 1. The van der Waals surface area contributed by atoms with Gasteiger partial charge >= 0.3 is 0 Å². The smallest absolute Gasteiger partial charge is 0.221 e. The third-order valence-electron chi connectivity index (χ3n) is 3.53. The first-order valence-corrected chi connectivity index (χ1v) is 8.41. The van der Waals surface area contributed by atoms with E-state index in [-0.39, 0.29) is 11.9 Å². The molecule has 23 heavy (non-hydrogen) atoms. The van der Waals surface area contributed by atoms with Crippen LogP contribution in [0, 0.1) is 6.92 Å². The van der Waals surface area contributed by atoms with Crippen LogP contribution in [0.25, 0.3) is 0 Å². The molecule has 0 saturated carbocycles. The summed E-state index contributed by atoms with van der Waals surface area (Å²) in [5, 5.41) is 14.2. The molecule has 0 aliphatic rings. The minimum atomic E-state index is -0.337. The summed E-state index contributed by atoms with van der Waals surface area (Å²) in [6.45, 7) is 1.84. The molecule has 0 aliphatic carbocycles. The number of carbonyl (C=O) groups is 1. The number of amides is 1. The summed E-state index contributed by atoms with van der Waals surface area (Å²) in [5.41, 5.74) is 2.16. The van der Waals surface area contributed by atoms with Crippen molar-refractivity contribution in [1.82, 2.24) is 20.5 Å². The Morgan fingerprint density at radius 1 is 1.30 bits per heavy atom. The number of hydrogen-bond acceptors (Lipinski definition) is 4. The molecule has 118 valence electrons. The van der Waals surface area contributed by atoms with E-state index in [0.29, 0.717) is 12.2 Å². The van der Waals surface area contributed by atoms with Crippen LogP contribution in [-0.4, -0.2) is 21.1 Å². The zero-order valence-corrected chi connectivity index (χ0v) is 13.6. The van der Waals surface area contributed by atoms with Crippen LogP contribution >= 0.6 is 11.3 Å². The second kappa shape index (κ2) is 7.19. The number of nitrogens with one attached hydrogen (secondary N) is 2. The van der Waals surface area contributed by atoms with E-state index in [4.69, 9.17) is 0 Å². The van der Waals surface area contributed by atoms with Crippen molar-refractivity contribution in [3.8, 4) is 0 Å². The first-order chi connectivity index (χ1) is 11.2. The van der Waals surface area contributed by atoms with Crippen molar-refractivity contribution < 1.29 is 4.79 Å². The standard InChI is InChI=1S/C17H18N4OS/c1-12-18-17(21-20-12)16(14-5-3-2-4-6-14)19-15(22)8-7-13-9-10-23-11-13/h2-6,9-11,16H,7-8H2,1H3,(H,19,22)(H,18,20,21)/t16-/m1/s1. The molecule has 1 aromatic carbocycles. The van der Waals surface area contributed by atoms with Gasteiger partial charge in [0, 0.05) is 6.42 Å². The highest BCUT2D eigenvalue weighted by Gasteiger charge is 2.20. The van der Waals surface area contributed by atoms with Crippen LogP contribution < -0.4 is 5.32 Å². The third-order valence-corrected chi connectivity index (χ3v) is 4.26. The normalized spacial score (nSPS) is 12.0. The maximum absolute atomic E-state index is 12.3. The van der Waals surface area contributed by atoms with Crippen LogP contribution in [0.4, 0.5) is 0 Å². The van der Waals surface area contributed by atoms with Crippen LogP contribution in [0.1, 0.15) is 35.2 Å². The Morgan fingerprint density at radius 2 is 2.13 bits per heavy atom. The molecule has 1 amide bonds. The molecular formula is C17H18N4OS. The lowest BCUT2D eigenvalue weighted by molar-refractivity contribution is -0.121. The zero-order chi connectivity index (χ0) is 16.1. The van der Waals surface area contributed by atoms with E-state index >= 15 is 0 Å². The zero-order valence-electron chi connectivity index (χ0n) is 12.8. The largest absolute Gasteiger partial charge is 0.342 e. The molecule has 0 saturated heterocycles. The molecular weight excluding hydrogens is 308 g/mol. The molecule has 6 heteroatoms. The fourth-order valence-electron chi connectivity index (χ4n) is 2.36. The van der Waals surface area contributed by atoms with Crippen LogP contribution in [0.2, 0.25) is 0 Å². The predicted octanol–water partition coefficient (Wildman–Crippen LogP) is 3.01. The summed E-state index contributed by atoms with van der Waals surface area (Å²) < 4.78 is 0. The topological polar surface area (TPSA) is 70.7 Å². The van der Waals surface area contributed by atoms with Crippen LogP contribution in [0.3, 0.4) is 0 Å². The molecule has 0 aliphatic heterocycles. The molecule has 2 N–H and O–H groups in total. The molecule has 1 atom stereocenters. The number of hydrogen-bond donors (Lipinski definition) is 2. The van der Waals surface area contributed by atoms with Crippen molar-refractivity contribution in [2.45, 2.75) is 25.8 Å². The Hall–Kier alpha value is -2.47. The van der Waals surface area contributed by atoms with E-state index < -0.39 is 0 Å². The van der Waals surface area contributed by atoms with Gasteiger partial charge in [0.1, 0.15) is 11.9 Å². The van der Waals surface area contributed by atoms with Crippen molar-refractivity contribution in [1.29, 1.82) is 0 Å². The summed E-state index contributed by atoms with van der Waals surface area (Å²) in [6.07, 6.45) is 1.19. The summed E-state index contributed by atoms with van der Waals surface area (Å²) in [4.78, 5) is 16.7. The average Bonchev–Trinajstić information content (AvgIpc) is 3.23. The Bertz CT molecular complexity index is 752. The molecule has 0 unspecified atom stereocenters. The van der Waals surface area contributed by atoms with Gasteiger partial charge in [0.05, 0.1) is 0 Å². The lowest BCUT2D eigenvalue weighted by atomic mass is 10.1. The number of aromatic nitrogens is 3. The summed E-state index contributed by atoms with van der Waals surface area (Å²) in [7, 11) is 0. The van der Waals surface area contributed by atoms with Crippen molar-refractivity contribution in [3.63, 3.8) is 0 Å². The molecule has 0 fully saturated rings. The first kappa shape index (κ1) is 15.4. The summed E-state index contributed by atoms with van der Waals surface area (Å²) in [5.74, 6) is 1.30. The van der Waals surface area contributed by atoms with E-state index in [1.54, 1.807) is 11.3 Å². The van der Waals surface area contributed by atoms with Gasteiger partial charge < -0.3 is 5.32 Å². The maximum Gasteiger partial charge on any atom is 0.221 e. The van der Waals surface area contributed by atoms with Gasteiger partial charge in [-0.25, -0.2) is 4.98 Å². The van der Waals surface area contributed by atoms with Gasteiger partial charge in [0.2, 0.25) is 5.91 Å². The molecule has 0 spiro atoms. The van der Waals surface area contributed by atoms with Crippen LogP contribution in [0.15, 0.2) is 47.2 Å². The number of aromatic amines is 1. The highest BCUT2D eigenvalue weighted by molar-refractivity contribution is 7.07. The minimum Gasteiger partial charge on any atom is -0.342 e. The van der Waals surface area contributed by atoms with Crippen molar-refractivity contribution in [2.24, 2.45) is 0 Å². The van der Waals surface area contributed by atoms with Gasteiger partial charge in [-0.15, -0.1) is 0 Å². The molecule has 5 nitrogen and oxygen atoms in total. The summed E-state index contributed by atoms with van der Waals surface area (Å²) >= 11 is 1.65. The fourth-order valence-corrected chi connectivity index (χ4v) is 3.06. The molecule has 0 radical (unpaired) electrons. The number of rotatable bonds is 6. The second-order valence-electron chi connectivity index (χ2n) is 5.32. The Balaban J connectivity index is 1.72. The first-order valence-electron chi connectivity index (χ1n) is 7.46. The second-order valence-corrected chi connectivity index (χ2v) is 6.10. The van der Waals surface area contributed by atoms with Gasteiger partial charge in [0.15, 0.2) is 5.82 Å². The molecule has 3 rings (SSSR count). The molecule has 0 bridgehead atoms. The van der Waals surface area contributed by atoms with Gasteiger partial charge in [0.25, 0.3) is 0 Å². The number of carbonyl (C=O) groups excluding carboxylic acids is 1. The Morgan fingerprint density at radius 3 is 2.78 bits per heavy atom. The number of aryl methyl sites for hydroxylation is 2. The molecule has 3 aromatic rings. The average molecular weight is 326 g/mol. The number of H-pyrrole nitrogens is 1. The maximum atomic E-state index is 12.3. The molecule has 2 heterocycles. The van der Waals surface area contributed by atoms with E-state index in [0.717, 1.165) is 17.8 Å². The van der Waals surface area contributed by atoms with Crippen molar-refractivity contribution in [2.75, 3.05) is 0 Å². The van der Waals surface area contributed by atoms with Gasteiger partial charge in [-0.2, -0.15) is 16.4 Å². The Kier molecular flexibility index (Phi) is 4.83. The van der Waals surface area contributed by atoms with Crippen molar-refractivity contribution in [3.05, 3.63) is 69.9 Å². The molecule has 2 aromatic heterocycles. The van der Waals surface area contributed by atoms with Crippen molar-refractivity contribution >= 4 is 17.2 Å². The number of nitrogens with zero attached hydrogens (tertiary/aromatic N) is 2. The number of benzene rings is 1. The summed E-state index contributed by atoms with van der Waals surface area (Å²) in [6, 6.07) is 11.5. The van der Waals surface area contributed by atoms with Crippen LogP contribution in [-0.2, 0) is 11.2 Å². The highest BCUT2D eigenvalue weighted by Crippen LogP contribution is 2.19. The lowest BCUT2D eigenvalue weighted by Crippen LogP contribution is -2.30. The van der Waals surface area contributed by atoms with E-state index in [2.05, 4.69) is 25.9 Å². The monoisotopic (exact) mass is 326 g/mol. The quantitative estimate of drug-likeness (QED) is 0.731. The fraction of sp³-hybridized carbons (Fsp3) is 0.235. The van der Waals surface area contributed by atoms with E-state index in [1.165, 1.54) is 5.56 Å². The van der Waals surface area contributed by atoms with E-state index in [9.17, 15) is 4.79 Å². The van der Waals surface area contributed by atoms with E-state index in [1.807, 2.05) is 48.7 Å². The minimum absolute atomic E-state index is 0.00694. The van der Waals surface area contributed by atoms with Gasteiger partial charge in [-0.1, -0.05) is 30.3 Å². The Labute approximate surface area is 138 Å². The predicted molar refractivity (Wildman–Crippen MR) is 90.2 cm³/mol.